The van der Waals surface area contributed by atoms with Gasteiger partial charge in [-0.15, -0.1) is 0 Å². The quantitative estimate of drug-likeness (QED) is 0.643. The second-order valence-electron chi connectivity index (χ2n) is 8.67. The predicted molar refractivity (Wildman–Crippen MR) is 123 cm³/mol. The van der Waals surface area contributed by atoms with Crippen LogP contribution < -0.4 is 9.47 Å². The van der Waals surface area contributed by atoms with E-state index >= 15 is 0 Å². The van der Waals surface area contributed by atoms with Crippen molar-refractivity contribution in [3.05, 3.63) is 64.9 Å². The minimum Gasteiger partial charge on any atom is -0.493 e. The Morgan fingerprint density at radius 3 is 2.34 bits per heavy atom. The highest BCUT2D eigenvalue weighted by Crippen LogP contribution is 2.38. The van der Waals surface area contributed by atoms with Crippen LogP contribution in [-0.4, -0.2) is 48.9 Å². The topological polar surface area (TPSA) is 59.1 Å². The molecule has 4 rings (SSSR count). The number of piperidine rings is 1. The van der Waals surface area contributed by atoms with Gasteiger partial charge in [-0.25, -0.2) is 0 Å². The van der Waals surface area contributed by atoms with Crippen LogP contribution in [0.3, 0.4) is 0 Å². The molecule has 2 aromatic rings. The molecule has 0 aliphatic carbocycles. The summed E-state index contributed by atoms with van der Waals surface area (Å²) in [6.45, 7) is 6.00. The Bertz CT molecular complexity index is 1060. The molecular formula is C26H30N2O4. The zero-order chi connectivity index (χ0) is 22.8. The molecule has 2 amide bonds. The molecule has 0 aromatic heterocycles. The molecule has 0 radical (unpaired) electrons. The van der Waals surface area contributed by atoms with E-state index in [9.17, 15) is 9.59 Å². The van der Waals surface area contributed by atoms with Crippen molar-refractivity contribution in [2.45, 2.75) is 33.2 Å². The van der Waals surface area contributed by atoms with E-state index in [1.165, 1.54) is 4.90 Å². The molecule has 1 atom stereocenters. The SMILES string of the molecule is COc1ccc(C2=C(N3CCCC(C)C3)C(=O)N(Cc3ccc(C)cc3)C2=O)cc1OC. The number of likely N-dealkylation sites (tertiary alicyclic amines) is 1. The van der Waals surface area contributed by atoms with Crippen molar-refractivity contribution in [2.24, 2.45) is 5.92 Å². The highest BCUT2D eigenvalue weighted by Gasteiger charge is 2.42. The van der Waals surface area contributed by atoms with Gasteiger partial charge in [-0.05, 0) is 48.9 Å². The van der Waals surface area contributed by atoms with E-state index < -0.39 is 0 Å². The maximum absolute atomic E-state index is 13.6. The van der Waals surface area contributed by atoms with Gasteiger partial charge in [0.25, 0.3) is 11.8 Å². The van der Waals surface area contributed by atoms with Gasteiger partial charge >= 0.3 is 0 Å². The maximum Gasteiger partial charge on any atom is 0.278 e. The number of carbonyl (C=O) groups is 2. The number of aryl methyl sites for hydroxylation is 1. The van der Waals surface area contributed by atoms with Gasteiger partial charge in [-0.3, -0.25) is 14.5 Å². The van der Waals surface area contributed by atoms with E-state index in [1.807, 2.05) is 37.3 Å². The first kappa shape index (κ1) is 21.9. The summed E-state index contributed by atoms with van der Waals surface area (Å²) in [5, 5.41) is 0. The van der Waals surface area contributed by atoms with Gasteiger partial charge in [-0.1, -0.05) is 42.8 Å². The lowest BCUT2D eigenvalue weighted by Gasteiger charge is -2.33. The third-order valence-corrected chi connectivity index (χ3v) is 6.25. The second kappa shape index (κ2) is 9.07. The predicted octanol–water partition coefficient (Wildman–Crippen LogP) is 4.02. The Labute approximate surface area is 189 Å². The average molecular weight is 435 g/mol. The van der Waals surface area contributed by atoms with Crippen LogP contribution in [0.5, 0.6) is 11.5 Å². The molecule has 0 N–H and O–H groups in total. The minimum atomic E-state index is -0.268. The summed E-state index contributed by atoms with van der Waals surface area (Å²) in [5.41, 5.74) is 3.68. The van der Waals surface area contributed by atoms with Crippen LogP contribution in [0.2, 0.25) is 0 Å². The standard InChI is InChI=1S/C26H30N2O4/c1-17-7-9-19(10-8-17)16-28-25(29)23(20-11-12-21(31-3)22(14-20)32-4)24(26(28)30)27-13-5-6-18(2)15-27/h7-12,14,18H,5-6,13,15-16H2,1-4H3. The van der Waals surface area contributed by atoms with Crippen LogP contribution in [0, 0.1) is 12.8 Å². The first-order valence-corrected chi connectivity index (χ1v) is 11.1. The lowest BCUT2D eigenvalue weighted by Crippen LogP contribution is -2.39. The number of imide groups is 1. The smallest absolute Gasteiger partial charge is 0.278 e. The zero-order valence-electron chi connectivity index (χ0n) is 19.2. The van der Waals surface area contributed by atoms with Gasteiger partial charge < -0.3 is 14.4 Å². The molecule has 6 heteroatoms. The number of methoxy groups -OCH3 is 2. The van der Waals surface area contributed by atoms with Crippen molar-refractivity contribution in [3.8, 4) is 11.5 Å². The van der Waals surface area contributed by atoms with Gasteiger partial charge in [0, 0.05) is 13.1 Å². The molecule has 0 spiro atoms. The molecular weight excluding hydrogens is 404 g/mol. The summed E-state index contributed by atoms with van der Waals surface area (Å²) >= 11 is 0. The molecule has 2 aliphatic rings. The number of hydrogen-bond acceptors (Lipinski definition) is 5. The first-order chi connectivity index (χ1) is 15.4. The van der Waals surface area contributed by atoms with Crippen molar-refractivity contribution in [3.63, 3.8) is 0 Å². The van der Waals surface area contributed by atoms with Crippen LogP contribution in [-0.2, 0) is 16.1 Å². The van der Waals surface area contributed by atoms with Gasteiger partial charge in [-0.2, -0.15) is 0 Å². The molecule has 0 saturated carbocycles. The highest BCUT2D eigenvalue weighted by atomic mass is 16.5. The van der Waals surface area contributed by atoms with Gasteiger partial charge in [0.15, 0.2) is 11.5 Å². The van der Waals surface area contributed by atoms with E-state index in [0.29, 0.717) is 34.3 Å². The van der Waals surface area contributed by atoms with Crippen LogP contribution in [0.1, 0.15) is 36.5 Å². The number of carbonyl (C=O) groups excluding carboxylic acids is 2. The van der Waals surface area contributed by atoms with Gasteiger partial charge in [0.1, 0.15) is 5.70 Å². The summed E-state index contributed by atoms with van der Waals surface area (Å²) in [7, 11) is 3.14. The largest absolute Gasteiger partial charge is 0.493 e. The van der Waals surface area contributed by atoms with Crippen molar-refractivity contribution < 1.29 is 19.1 Å². The normalized spacial score (nSPS) is 19.1. The molecule has 32 heavy (non-hydrogen) atoms. The molecule has 2 heterocycles. The number of rotatable bonds is 6. The monoisotopic (exact) mass is 434 g/mol. The molecule has 0 bridgehead atoms. The molecule has 168 valence electrons. The maximum atomic E-state index is 13.6. The Kier molecular flexibility index (Phi) is 6.21. The van der Waals surface area contributed by atoms with Crippen molar-refractivity contribution >= 4 is 17.4 Å². The Morgan fingerprint density at radius 1 is 0.969 bits per heavy atom. The number of amides is 2. The van der Waals surface area contributed by atoms with E-state index in [-0.39, 0.29) is 18.4 Å². The highest BCUT2D eigenvalue weighted by molar-refractivity contribution is 6.35. The summed E-state index contributed by atoms with van der Waals surface area (Å²) in [6.07, 6.45) is 2.13. The van der Waals surface area contributed by atoms with Crippen LogP contribution in [0.15, 0.2) is 48.2 Å². The molecule has 1 unspecified atom stereocenters. The first-order valence-electron chi connectivity index (χ1n) is 11.1. The zero-order valence-corrected chi connectivity index (χ0v) is 19.2. The molecule has 6 nitrogen and oxygen atoms in total. The van der Waals surface area contributed by atoms with E-state index in [2.05, 4.69) is 11.8 Å². The number of hydrogen-bond donors (Lipinski definition) is 0. The van der Waals surface area contributed by atoms with Crippen molar-refractivity contribution in [1.29, 1.82) is 0 Å². The Hall–Kier alpha value is -3.28. The fourth-order valence-electron chi connectivity index (χ4n) is 4.52. The van der Waals surface area contributed by atoms with Gasteiger partial charge in [0.2, 0.25) is 0 Å². The third-order valence-electron chi connectivity index (χ3n) is 6.25. The van der Waals surface area contributed by atoms with Crippen molar-refractivity contribution in [2.75, 3.05) is 27.3 Å². The van der Waals surface area contributed by atoms with Gasteiger partial charge in [0.05, 0.1) is 26.3 Å². The summed E-state index contributed by atoms with van der Waals surface area (Å²) < 4.78 is 10.8. The Morgan fingerprint density at radius 2 is 1.69 bits per heavy atom. The number of nitrogens with zero attached hydrogens (tertiary/aromatic N) is 2. The van der Waals surface area contributed by atoms with E-state index in [0.717, 1.165) is 37.1 Å². The van der Waals surface area contributed by atoms with Crippen LogP contribution in [0.4, 0.5) is 0 Å². The third kappa shape index (κ3) is 4.09. The lowest BCUT2D eigenvalue weighted by molar-refractivity contribution is -0.138. The molecule has 1 fully saturated rings. The summed E-state index contributed by atoms with van der Waals surface area (Å²) in [6, 6.07) is 13.3. The van der Waals surface area contributed by atoms with Crippen molar-refractivity contribution in [1.82, 2.24) is 9.80 Å². The molecule has 2 aliphatic heterocycles. The second-order valence-corrected chi connectivity index (χ2v) is 8.67. The van der Waals surface area contributed by atoms with Crippen LogP contribution >= 0.6 is 0 Å². The fraction of sp³-hybridized carbons (Fsp3) is 0.385. The minimum absolute atomic E-state index is 0.227. The number of ether oxygens (including phenoxy) is 2. The van der Waals surface area contributed by atoms with E-state index in [1.54, 1.807) is 26.4 Å². The fourth-order valence-corrected chi connectivity index (χ4v) is 4.52. The Balaban J connectivity index is 1.77. The molecule has 2 aromatic carbocycles. The average Bonchev–Trinajstić information content (AvgIpc) is 3.04. The number of benzene rings is 2. The summed E-state index contributed by atoms with van der Waals surface area (Å²) in [4.78, 5) is 30.7. The lowest BCUT2D eigenvalue weighted by atomic mass is 9.97. The molecule has 1 saturated heterocycles. The summed E-state index contributed by atoms with van der Waals surface area (Å²) in [5.74, 6) is 1.09. The van der Waals surface area contributed by atoms with Crippen LogP contribution in [0.25, 0.3) is 5.57 Å². The van der Waals surface area contributed by atoms with E-state index in [4.69, 9.17) is 9.47 Å².